The highest BCUT2D eigenvalue weighted by molar-refractivity contribution is 5.07. The zero-order chi connectivity index (χ0) is 13.7. The van der Waals surface area contributed by atoms with E-state index in [0.29, 0.717) is 5.41 Å². The highest BCUT2D eigenvalue weighted by atomic mass is 16.3. The lowest BCUT2D eigenvalue weighted by molar-refractivity contribution is 0.119. The fourth-order valence-electron chi connectivity index (χ4n) is 2.53. The van der Waals surface area contributed by atoms with Crippen molar-refractivity contribution in [2.24, 2.45) is 5.41 Å². The SMILES string of the molecule is CCCNCc1ccc(CN2CCC(C)(C)CC2)o1. The molecule has 0 radical (unpaired) electrons. The van der Waals surface area contributed by atoms with Crippen LogP contribution in [0, 0.1) is 5.41 Å². The van der Waals surface area contributed by atoms with Gasteiger partial charge in [0.15, 0.2) is 0 Å². The summed E-state index contributed by atoms with van der Waals surface area (Å²) >= 11 is 0. The van der Waals surface area contributed by atoms with Crippen molar-refractivity contribution in [3.05, 3.63) is 23.7 Å². The average molecular weight is 264 g/mol. The van der Waals surface area contributed by atoms with Crippen LogP contribution in [0.1, 0.15) is 51.6 Å². The third-order valence-corrected chi connectivity index (χ3v) is 4.03. The molecule has 2 rings (SSSR count). The molecule has 0 saturated carbocycles. The number of rotatable bonds is 6. The molecule has 3 heteroatoms. The number of hydrogen-bond acceptors (Lipinski definition) is 3. The van der Waals surface area contributed by atoms with Gasteiger partial charge in [-0.25, -0.2) is 0 Å². The first-order valence-electron chi connectivity index (χ1n) is 7.60. The Balaban J connectivity index is 1.77. The van der Waals surface area contributed by atoms with Gasteiger partial charge in [-0.3, -0.25) is 4.90 Å². The molecule has 1 aliphatic rings. The molecule has 2 heterocycles. The molecule has 19 heavy (non-hydrogen) atoms. The molecule has 1 saturated heterocycles. The molecule has 0 bridgehead atoms. The zero-order valence-corrected chi connectivity index (χ0v) is 12.7. The molecule has 108 valence electrons. The Hall–Kier alpha value is -0.800. The van der Waals surface area contributed by atoms with Crippen molar-refractivity contribution in [2.45, 2.75) is 53.1 Å². The summed E-state index contributed by atoms with van der Waals surface area (Å²) in [5.74, 6) is 2.16. The van der Waals surface area contributed by atoms with Crippen molar-refractivity contribution in [2.75, 3.05) is 19.6 Å². The number of piperidine rings is 1. The minimum Gasteiger partial charge on any atom is -0.463 e. The van der Waals surface area contributed by atoms with Gasteiger partial charge in [0.1, 0.15) is 11.5 Å². The normalized spacial score (nSPS) is 19.7. The molecular formula is C16H28N2O. The fourth-order valence-corrected chi connectivity index (χ4v) is 2.53. The van der Waals surface area contributed by atoms with Crippen molar-refractivity contribution < 1.29 is 4.42 Å². The van der Waals surface area contributed by atoms with E-state index in [1.165, 1.54) is 25.9 Å². The highest BCUT2D eigenvalue weighted by Gasteiger charge is 2.25. The van der Waals surface area contributed by atoms with Crippen molar-refractivity contribution >= 4 is 0 Å². The van der Waals surface area contributed by atoms with Crippen LogP contribution in [0.3, 0.4) is 0 Å². The monoisotopic (exact) mass is 264 g/mol. The Labute approximate surface area is 117 Å². The summed E-state index contributed by atoms with van der Waals surface area (Å²) in [6.45, 7) is 12.2. The van der Waals surface area contributed by atoms with Crippen LogP contribution in [0.2, 0.25) is 0 Å². The van der Waals surface area contributed by atoms with Crippen LogP contribution < -0.4 is 5.32 Å². The molecule has 3 nitrogen and oxygen atoms in total. The van der Waals surface area contributed by atoms with Gasteiger partial charge in [0.05, 0.1) is 13.1 Å². The molecule has 1 aromatic rings. The van der Waals surface area contributed by atoms with E-state index in [2.05, 4.69) is 43.1 Å². The topological polar surface area (TPSA) is 28.4 Å². The van der Waals surface area contributed by atoms with Crippen LogP contribution in [0.5, 0.6) is 0 Å². The first-order chi connectivity index (χ1) is 9.09. The second-order valence-corrected chi connectivity index (χ2v) is 6.49. The van der Waals surface area contributed by atoms with E-state index < -0.39 is 0 Å². The van der Waals surface area contributed by atoms with Gasteiger partial charge in [-0.05, 0) is 56.4 Å². The number of furan rings is 1. The van der Waals surface area contributed by atoms with E-state index in [4.69, 9.17) is 4.42 Å². The van der Waals surface area contributed by atoms with E-state index in [0.717, 1.165) is 37.6 Å². The molecule has 0 unspecified atom stereocenters. The summed E-state index contributed by atoms with van der Waals surface area (Å²) < 4.78 is 5.88. The molecule has 0 amide bonds. The fraction of sp³-hybridized carbons (Fsp3) is 0.750. The lowest BCUT2D eigenvalue weighted by Gasteiger charge is -2.36. The van der Waals surface area contributed by atoms with Crippen molar-refractivity contribution in [1.82, 2.24) is 10.2 Å². The van der Waals surface area contributed by atoms with Crippen molar-refractivity contribution in [3.63, 3.8) is 0 Å². The first kappa shape index (κ1) is 14.6. The van der Waals surface area contributed by atoms with Gasteiger partial charge in [-0.15, -0.1) is 0 Å². The van der Waals surface area contributed by atoms with Gasteiger partial charge >= 0.3 is 0 Å². The summed E-state index contributed by atoms with van der Waals surface area (Å²) in [5, 5.41) is 3.37. The van der Waals surface area contributed by atoms with E-state index in [1.54, 1.807) is 0 Å². The molecule has 0 aliphatic carbocycles. The largest absolute Gasteiger partial charge is 0.463 e. The zero-order valence-electron chi connectivity index (χ0n) is 12.7. The summed E-state index contributed by atoms with van der Waals surface area (Å²) in [7, 11) is 0. The van der Waals surface area contributed by atoms with E-state index in [9.17, 15) is 0 Å². The van der Waals surface area contributed by atoms with Crippen LogP contribution >= 0.6 is 0 Å². The van der Waals surface area contributed by atoms with E-state index in [-0.39, 0.29) is 0 Å². The second-order valence-electron chi connectivity index (χ2n) is 6.49. The lowest BCUT2D eigenvalue weighted by atomic mass is 9.83. The standard InChI is InChI=1S/C16H28N2O/c1-4-9-17-12-14-5-6-15(19-14)13-18-10-7-16(2,3)8-11-18/h5-6,17H,4,7-13H2,1-3H3. The maximum absolute atomic E-state index is 5.88. The summed E-state index contributed by atoms with van der Waals surface area (Å²) in [5.41, 5.74) is 0.523. The van der Waals surface area contributed by atoms with Gasteiger partial charge in [-0.2, -0.15) is 0 Å². The third-order valence-electron chi connectivity index (χ3n) is 4.03. The Bertz CT molecular complexity index is 374. The second kappa shape index (κ2) is 6.58. The van der Waals surface area contributed by atoms with E-state index in [1.807, 2.05) is 0 Å². The van der Waals surface area contributed by atoms with Gasteiger partial charge < -0.3 is 9.73 Å². The van der Waals surface area contributed by atoms with Crippen LogP contribution in [-0.4, -0.2) is 24.5 Å². The van der Waals surface area contributed by atoms with Crippen molar-refractivity contribution in [3.8, 4) is 0 Å². The number of nitrogens with zero attached hydrogens (tertiary/aromatic N) is 1. The Morgan fingerprint density at radius 2 is 1.89 bits per heavy atom. The van der Waals surface area contributed by atoms with Crippen LogP contribution in [0.4, 0.5) is 0 Å². The predicted molar refractivity (Wildman–Crippen MR) is 79.0 cm³/mol. The number of nitrogens with one attached hydrogen (secondary N) is 1. The average Bonchev–Trinajstić information content (AvgIpc) is 2.80. The molecule has 1 N–H and O–H groups in total. The van der Waals surface area contributed by atoms with Gasteiger partial charge in [0, 0.05) is 0 Å². The summed E-state index contributed by atoms with van der Waals surface area (Å²) in [4.78, 5) is 2.51. The van der Waals surface area contributed by atoms with Gasteiger partial charge in [-0.1, -0.05) is 20.8 Å². The molecule has 1 aliphatic heterocycles. The molecular weight excluding hydrogens is 236 g/mol. The number of likely N-dealkylation sites (tertiary alicyclic amines) is 1. The van der Waals surface area contributed by atoms with Crippen molar-refractivity contribution in [1.29, 1.82) is 0 Å². The smallest absolute Gasteiger partial charge is 0.118 e. The highest BCUT2D eigenvalue weighted by Crippen LogP contribution is 2.30. The molecule has 0 atom stereocenters. The van der Waals surface area contributed by atoms with Crippen LogP contribution in [-0.2, 0) is 13.1 Å². The minimum atomic E-state index is 0.523. The third kappa shape index (κ3) is 4.66. The molecule has 0 aromatic carbocycles. The maximum Gasteiger partial charge on any atom is 0.118 e. The van der Waals surface area contributed by atoms with Gasteiger partial charge in [0.2, 0.25) is 0 Å². The number of hydrogen-bond donors (Lipinski definition) is 1. The lowest BCUT2D eigenvalue weighted by Crippen LogP contribution is -2.36. The summed E-state index contributed by atoms with van der Waals surface area (Å²) in [6, 6.07) is 4.23. The van der Waals surface area contributed by atoms with Gasteiger partial charge in [0.25, 0.3) is 0 Å². The van der Waals surface area contributed by atoms with Crippen LogP contribution in [0.25, 0.3) is 0 Å². The quantitative estimate of drug-likeness (QED) is 0.798. The Morgan fingerprint density at radius 3 is 2.58 bits per heavy atom. The Kier molecular flexibility index (Phi) is 5.06. The maximum atomic E-state index is 5.88. The molecule has 1 aromatic heterocycles. The minimum absolute atomic E-state index is 0.523. The Morgan fingerprint density at radius 1 is 1.21 bits per heavy atom. The predicted octanol–water partition coefficient (Wildman–Crippen LogP) is 3.40. The van der Waals surface area contributed by atoms with Crippen LogP contribution in [0.15, 0.2) is 16.5 Å². The summed E-state index contributed by atoms with van der Waals surface area (Å²) in [6.07, 6.45) is 3.74. The molecule has 0 spiro atoms. The first-order valence-corrected chi connectivity index (χ1v) is 7.60. The van der Waals surface area contributed by atoms with E-state index >= 15 is 0 Å². The molecule has 1 fully saturated rings.